The number of hydrogen-bond donors (Lipinski definition) is 2. The van der Waals surface area contributed by atoms with Crippen molar-refractivity contribution in [1.82, 2.24) is 9.55 Å². The summed E-state index contributed by atoms with van der Waals surface area (Å²) in [6.45, 7) is 5.16. The summed E-state index contributed by atoms with van der Waals surface area (Å²) in [6, 6.07) is 18.1. The van der Waals surface area contributed by atoms with Crippen LogP contribution in [-0.2, 0) is 29.3 Å². The minimum absolute atomic E-state index is 0.0309. The molecular formula is C29H34BrN3O4S. The average Bonchev–Trinajstić information content (AvgIpc) is 3.27. The Morgan fingerprint density at radius 2 is 1.82 bits per heavy atom. The van der Waals surface area contributed by atoms with Crippen LogP contribution in [0.15, 0.2) is 59.1 Å². The van der Waals surface area contributed by atoms with Gasteiger partial charge in [-0.05, 0) is 57.1 Å². The number of aliphatic hydroxyl groups is 1. The molecule has 1 heterocycles. The predicted molar refractivity (Wildman–Crippen MR) is 158 cm³/mol. The van der Waals surface area contributed by atoms with E-state index < -0.39 is 9.84 Å². The summed E-state index contributed by atoms with van der Waals surface area (Å²) in [6.07, 6.45) is 1.70. The Labute approximate surface area is 232 Å². The van der Waals surface area contributed by atoms with Gasteiger partial charge in [-0.3, -0.25) is 0 Å². The van der Waals surface area contributed by atoms with Crippen molar-refractivity contribution in [3.05, 3.63) is 75.8 Å². The molecule has 0 aliphatic rings. The molecule has 7 nitrogen and oxygen atoms in total. The Balaban J connectivity index is 1.73. The number of benzene rings is 3. The average molecular weight is 601 g/mol. The normalized spacial score (nSPS) is 11.9. The van der Waals surface area contributed by atoms with E-state index in [2.05, 4.69) is 59.4 Å². The lowest BCUT2D eigenvalue weighted by atomic mass is 10.0. The molecule has 0 saturated carbocycles. The van der Waals surface area contributed by atoms with E-state index in [1.54, 1.807) is 7.11 Å². The summed E-state index contributed by atoms with van der Waals surface area (Å²) in [5.41, 5.74) is 6.56. The number of sulfone groups is 1. The first kappa shape index (κ1) is 28.1. The number of aliphatic hydroxyl groups excluding tert-OH is 1. The molecule has 1 aromatic heterocycles. The van der Waals surface area contributed by atoms with Crippen LogP contribution >= 0.6 is 15.9 Å². The Morgan fingerprint density at radius 3 is 2.45 bits per heavy atom. The molecule has 0 aliphatic heterocycles. The molecule has 0 unspecified atom stereocenters. The van der Waals surface area contributed by atoms with E-state index in [0.717, 1.165) is 43.7 Å². The number of rotatable bonds is 11. The van der Waals surface area contributed by atoms with E-state index in [1.165, 1.54) is 11.8 Å². The molecule has 0 atom stereocenters. The Morgan fingerprint density at radius 1 is 1.11 bits per heavy atom. The number of ether oxygens (including phenoxy) is 1. The van der Waals surface area contributed by atoms with Crippen molar-refractivity contribution < 1.29 is 18.3 Å². The fourth-order valence-corrected chi connectivity index (χ4v) is 5.66. The van der Waals surface area contributed by atoms with Crippen LogP contribution in [0.1, 0.15) is 36.5 Å². The second kappa shape index (κ2) is 11.9. The number of aromatic nitrogens is 2. The van der Waals surface area contributed by atoms with E-state index in [1.807, 2.05) is 34.9 Å². The third-order valence-corrected chi connectivity index (χ3v) is 8.43. The minimum atomic E-state index is -3.06. The Kier molecular flexibility index (Phi) is 8.80. The minimum Gasteiger partial charge on any atom is -0.494 e. The van der Waals surface area contributed by atoms with Crippen molar-refractivity contribution in [1.29, 1.82) is 0 Å². The van der Waals surface area contributed by atoms with Gasteiger partial charge < -0.3 is 19.7 Å². The summed E-state index contributed by atoms with van der Waals surface area (Å²) in [5, 5.41) is 13.3. The fraction of sp³-hybridized carbons (Fsp3) is 0.345. The van der Waals surface area contributed by atoms with Crippen LogP contribution in [0.2, 0.25) is 0 Å². The zero-order valence-corrected chi connectivity index (χ0v) is 24.6. The van der Waals surface area contributed by atoms with Gasteiger partial charge in [-0.1, -0.05) is 56.3 Å². The monoisotopic (exact) mass is 599 g/mol. The van der Waals surface area contributed by atoms with Crippen LogP contribution < -0.4 is 10.1 Å². The summed E-state index contributed by atoms with van der Waals surface area (Å²) in [4.78, 5) is 5.00. The van der Waals surface area contributed by atoms with Gasteiger partial charge in [0.25, 0.3) is 0 Å². The van der Waals surface area contributed by atoms with Crippen molar-refractivity contribution in [3.8, 4) is 17.1 Å². The number of para-hydroxylation sites is 1. The molecule has 0 saturated heterocycles. The van der Waals surface area contributed by atoms with E-state index in [0.29, 0.717) is 31.2 Å². The van der Waals surface area contributed by atoms with Crippen molar-refractivity contribution >= 4 is 42.5 Å². The Bertz CT molecular complexity index is 1530. The summed E-state index contributed by atoms with van der Waals surface area (Å²) >= 11 is 3.78. The van der Waals surface area contributed by atoms with E-state index in [9.17, 15) is 13.5 Å². The maximum atomic E-state index is 11.7. The molecule has 4 rings (SSSR count). The van der Waals surface area contributed by atoms with Gasteiger partial charge in [0.15, 0.2) is 0 Å². The molecule has 9 heteroatoms. The largest absolute Gasteiger partial charge is 0.494 e. The van der Waals surface area contributed by atoms with Gasteiger partial charge in [-0.15, -0.1) is 0 Å². The van der Waals surface area contributed by atoms with E-state index in [4.69, 9.17) is 9.72 Å². The number of nitrogens with one attached hydrogen (secondary N) is 1. The zero-order chi connectivity index (χ0) is 27.4. The van der Waals surface area contributed by atoms with Crippen molar-refractivity contribution in [3.63, 3.8) is 0 Å². The molecule has 4 aromatic rings. The lowest BCUT2D eigenvalue weighted by Gasteiger charge is -2.15. The van der Waals surface area contributed by atoms with Gasteiger partial charge in [0.05, 0.1) is 23.9 Å². The van der Waals surface area contributed by atoms with Crippen LogP contribution in [0, 0.1) is 0 Å². The summed E-state index contributed by atoms with van der Waals surface area (Å²) < 4.78 is 32.0. The van der Waals surface area contributed by atoms with E-state index >= 15 is 0 Å². The van der Waals surface area contributed by atoms with Gasteiger partial charge in [0, 0.05) is 30.6 Å². The molecule has 0 amide bonds. The van der Waals surface area contributed by atoms with Crippen LogP contribution in [-0.4, -0.2) is 48.8 Å². The third kappa shape index (κ3) is 6.22. The number of hydrogen-bond acceptors (Lipinski definition) is 6. The molecule has 0 spiro atoms. The van der Waals surface area contributed by atoms with Gasteiger partial charge in [0.2, 0.25) is 0 Å². The fourth-order valence-electron chi connectivity index (χ4n) is 4.53. The van der Waals surface area contributed by atoms with Crippen LogP contribution in [0.3, 0.4) is 0 Å². The van der Waals surface area contributed by atoms with Gasteiger partial charge in [-0.25, -0.2) is 13.4 Å². The van der Waals surface area contributed by atoms with Crippen LogP contribution in [0.25, 0.3) is 22.4 Å². The van der Waals surface area contributed by atoms with Crippen molar-refractivity contribution in [2.75, 3.05) is 31.0 Å². The van der Waals surface area contributed by atoms with Crippen molar-refractivity contribution in [2.24, 2.45) is 0 Å². The van der Waals surface area contributed by atoms with Gasteiger partial charge >= 0.3 is 0 Å². The highest BCUT2D eigenvalue weighted by Gasteiger charge is 2.21. The lowest BCUT2D eigenvalue weighted by molar-refractivity contribution is 0.278. The highest BCUT2D eigenvalue weighted by Crippen LogP contribution is 2.38. The number of anilines is 1. The Hall–Kier alpha value is -2.88. The topological polar surface area (TPSA) is 93.5 Å². The molecule has 0 aliphatic carbocycles. The zero-order valence-electron chi connectivity index (χ0n) is 22.2. The molecular weight excluding hydrogens is 566 g/mol. The maximum absolute atomic E-state index is 11.7. The summed E-state index contributed by atoms with van der Waals surface area (Å²) in [7, 11) is -1.43. The standard InChI is InChI=1S/C29H34BrN3O4S/c1-19(2)20-9-11-22(12-10-20)29-32-27-26(30)23(17-25(37-3)28(27)33(29)14-15-34)18-31-24-8-6-5-7-21(24)13-16-38(4,35)36/h5-12,17,19,31,34H,13-16,18H2,1-4H3. The highest BCUT2D eigenvalue weighted by atomic mass is 79.9. The van der Waals surface area contributed by atoms with Gasteiger partial charge in [-0.2, -0.15) is 0 Å². The smallest absolute Gasteiger partial charge is 0.147 e. The highest BCUT2D eigenvalue weighted by molar-refractivity contribution is 9.10. The number of fused-ring (bicyclic) bond motifs is 1. The van der Waals surface area contributed by atoms with Gasteiger partial charge in [0.1, 0.15) is 32.4 Å². The van der Waals surface area contributed by atoms with E-state index in [-0.39, 0.29) is 12.4 Å². The number of methoxy groups -OCH3 is 1. The molecule has 38 heavy (non-hydrogen) atoms. The quantitative estimate of drug-likeness (QED) is 0.227. The molecule has 0 bridgehead atoms. The first-order valence-electron chi connectivity index (χ1n) is 12.6. The molecule has 202 valence electrons. The lowest BCUT2D eigenvalue weighted by Crippen LogP contribution is -2.09. The van der Waals surface area contributed by atoms with Crippen LogP contribution in [0.4, 0.5) is 5.69 Å². The molecule has 3 aromatic carbocycles. The number of nitrogens with zero attached hydrogens (tertiary/aromatic N) is 2. The first-order chi connectivity index (χ1) is 18.1. The second-order valence-corrected chi connectivity index (χ2v) is 12.8. The van der Waals surface area contributed by atoms with Crippen molar-refractivity contribution in [2.45, 2.75) is 39.3 Å². The first-order valence-corrected chi connectivity index (χ1v) is 15.4. The number of aryl methyl sites for hydroxylation is 1. The number of imidazole rings is 1. The number of halogens is 1. The summed E-state index contributed by atoms with van der Waals surface area (Å²) in [5.74, 6) is 1.95. The maximum Gasteiger partial charge on any atom is 0.147 e. The molecule has 0 radical (unpaired) electrons. The SMILES string of the molecule is COc1cc(CNc2ccccc2CCS(C)(=O)=O)c(Br)c2nc(-c3ccc(C(C)C)cc3)n(CCO)c12. The second-order valence-electron chi connectivity index (χ2n) is 9.73. The predicted octanol–water partition coefficient (Wildman–Crippen LogP) is 5.79. The molecule has 2 N–H and O–H groups in total. The third-order valence-electron chi connectivity index (χ3n) is 6.60. The van der Waals surface area contributed by atoms with Crippen LogP contribution in [0.5, 0.6) is 5.75 Å². The molecule has 0 fully saturated rings.